The summed E-state index contributed by atoms with van der Waals surface area (Å²) in [6.45, 7) is 2.90. The third-order valence-electron chi connectivity index (χ3n) is 4.63. The molecule has 3 heterocycles. The highest BCUT2D eigenvalue weighted by Crippen LogP contribution is 2.15. The van der Waals surface area contributed by atoms with Gasteiger partial charge in [-0.1, -0.05) is 12.1 Å². The topological polar surface area (TPSA) is 95.0 Å². The molecule has 1 aromatic carbocycles. The van der Waals surface area contributed by atoms with Crippen LogP contribution in [0.15, 0.2) is 33.5 Å². The molecule has 0 saturated heterocycles. The smallest absolute Gasteiger partial charge is 0.408 e. The van der Waals surface area contributed by atoms with Gasteiger partial charge in [-0.2, -0.15) is 0 Å². The second-order valence-electron chi connectivity index (χ2n) is 6.31. The Morgan fingerprint density at radius 1 is 1.36 bits per heavy atom. The molecule has 0 bridgehead atoms. The average Bonchev–Trinajstić information content (AvgIpc) is 3.13. The Kier molecular flexibility index (Phi) is 3.87. The van der Waals surface area contributed by atoms with Gasteiger partial charge in [-0.3, -0.25) is 9.36 Å². The maximum atomic E-state index is 12.3. The van der Waals surface area contributed by atoms with Crippen LogP contribution in [0.1, 0.15) is 24.5 Å². The summed E-state index contributed by atoms with van der Waals surface area (Å²) in [6, 6.07) is 7.28. The number of nitrogens with zero attached hydrogens (tertiary/aromatic N) is 4. The van der Waals surface area contributed by atoms with Crippen molar-refractivity contribution in [3.8, 4) is 0 Å². The fourth-order valence-corrected chi connectivity index (χ4v) is 3.32. The lowest BCUT2D eigenvalue weighted by atomic mass is 10.1. The third-order valence-corrected chi connectivity index (χ3v) is 4.63. The largest absolute Gasteiger partial charge is 0.419 e. The Bertz CT molecular complexity index is 984. The van der Waals surface area contributed by atoms with E-state index in [0.717, 1.165) is 24.5 Å². The third kappa shape index (κ3) is 2.95. The van der Waals surface area contributed by atoms with Gasteiger partial charge in [0.15, 0.2) is 5.58 Å². The van der Waals surface area contributed by atoms with Gasteiger partial charge in [0.05, 0.1) is 5.52 Å². The zero-order chi connectivity index (χ0) is 17.4. The number of para-hydroxylation sites is 2. The summed E-state index contributed by atoms with van der Waals surface area (Å²) in [7, 11) is 0. The molecule has 1 N–H and O–H groups in total. The molecule has 0 fully saturated rings. The minimum absolute atomic E-state index is 0.0625. The van der Waals surface area contributed by atoms with Crippen molar-refractivity contribution in [3.63, 3.8) is 0 Å². The van der Waals surface area contributed by atoms with E-state index >= 15 is 0 Å². The van der Waals surface area contributed by atoms with E-state index in [2.05, 4.69) is 15.5 Å². The molecule has 1 aliphatic rings. The van der Waals surface area contributed by atoms with Crippen LogP contribution in [-0.2, 0) is 24.3 Å². The van der Waals surface area contributed by atoms with Gasteiger partial charge in [-0.15, -0.1) is 10.2 Å². The van der Waals surface area contributed by atoms with Crippen LogP contribution in [0.25, 0.3) is 11.1 Å². The minimum atomic E-state index is -0.434. The molecule has 8 nitrogen and oxygen atoms in total. The fraction of sp³-hybridized carbons (Fsp3) is 0.412. The number of hydrogen-bond donors (Lipinski definition) is 1. The summed E-state index contributed by atoms with van der Waals surface area (Å²) in [6.07, 6.45) is 1.88. The zero-order valence-corrected chi connectivity index (χ0v) is 13.9. The monoisotopic (exact) mass is 341 g/mol. The van der Waals surface area contributed by atoms with Crippen molar-refractivity contribution >= 4 is 17.0 Å². The molecule has 0 saturated carbocycles. The van der Waals surface area contributed by atoms with Crippen LogP contribution in [0.3, 0.4) is 0 Å². The minimum Gasteiger partial charge on any atom is -0.408 e. The number of hydrogen-bond acceptors (Lipinski definition) is 5. The van der Waals surface area contributed by atoms with Crippen molar-refractivity contribution < 1.29 is 9.21 Å². The first kappa shape index (κ1) is 15.6. The van der Waals surface area contributed by atoms with E-state index in [-0.39, 0.29) is 18.4 Å². The number of aromatic nitrogens is 4. The number of benzene rings is 1. The Labute approximate surface area is 143 Å². The summed E-state index contributed by atoms with van der Waals surface area (Å²) in [5.74, 6) is 1.33. The molecule has 1 atom stereocenters. The Balaban J connectivity index is 1.39. The van der Waals surface area contributed by atoms with Crippen LogP contribution in [0.4, 0.5) is 0 Å². The molecular weight excluding hydrogens is 322 g/mol. The molecule has 0 spiro atoms. The number of carbonyl (C=O) groups is 1. The highest BCUT2D eigenvalue weighted by Gasteiger charge is 2.22. The van der Waals surface area contributed by atoms with Crippen LogP contribution in [0.2, 0.25) is 0 Å². The number of carbonyl (C=O) groups excluding carboxylic acids is 1. The summed E-state index contributed by atoms with van der Waals surface area (Å²) < 4.78 is 8.73. The lowest BCUT2D eigenvalue weighted by Gasteiger charge is -2.24. The Morgan fingerprint density at radius 2 is 2.20 bits per heavy atom. The molecule has 1 amide bonds. The summed E-state index contributed by atoms with van der Waals surface area (Å²) in [5.41, 5.74) is 1.25. The van der Waals surface area contributed by atoms with Gasteiger partial charge >= 0.3 is 5.76 Å². The molecule has 2 aromatic heterocycles. The molecule has 130 valence electrons. The van der Waals surface area contributed by atoms with Gasteiger partial charge in [-0.05, 0) is 25.5 Å². The first-order chi connectivity index (χ1) is 12.1. The molecule has 0 radical (unpaired) electrons. The van der Waals surface area contributed by atoms with Crippen LogP contribution in [-0.4, -0.2) is 31.3 Å². The number of oxazole rings is 1. The SMILES string of the molecule is Cc1nnc2n1C[C@H](NC(=O)CCn1c(=O)oc3ccccc31)CC2. The number of fused-ring (bicyclic) bond motifs is 2. The summed E-state index contributed by atoms with van der Waals surface area (Å²) in [4.78, 5) is 24.2. The van der Waals surface area contributed by atoms with E-state index in [1.54, 1.807) is 6.07 Å². The zero-order valence-electron chi connectivity index (χ0n) is 13.9. The van der Waals surface area contributed by atoms with E-state index < -0.39 is 5.76 Å². The van der Waals surface area contributed by atoms with E-state index in [1.807, 2.05) is 29.7 Å². The molecule has 1 aliphatic heterocycles. The van der Waals surface area contributed by atoms with Gasteiger partial charge < -0.3 is 14.3 Å². The quantitative estimate of drug-likeness (QED) is 0.764. The maximum absolute atomic E-state index is 12.3. The molecule has 4 rings (SSSR count). The van der Waals surface area contributed by atoms with Crippen molar-refractivity contribution in [3.05, 3.63) is 46.5 Å². The second-order valence-corrected chi connectivity index (χ2v) is 6.31. The predicted octanol–water partition coefficient (Wildman–Crippen LogP) is 1.02. The van der Waals surface area contributed by atoms with Gasteiger partial charge in [0, 0.05) is 32.0 Å². The molecular formula is C17H19N5O3. The van der Waals surface area contributed by atoms with Crippen molar-refractivity contribution in [2.75, 3.05) is 0 Å². The number of rotatable bonds is 4. The highest BCUT2D eigenvalue weighted by atomic mass is 16.4. The lowest BCUT2D eigenvalue weighted by Crippen LogP contribution is -2.41. The van der Waals surface area contributed by atoms with Gasteiger partial charge in [0.2, 0.25) is 5.91 Å². The van der Waals surface area contributed by atoms with Gasteiger partial charge in [0.25, 0.3) is 0 Å². The summed E-state index contributed by atoms with van der Waals surface area (Å²) >= 11 is 0. The first-order valence-corrected chi connectivity index (χ1v) is 8.38. The molecule has 8 heteroatoms. The highest BCUT2D eigenvalue weighted by molar-refractivity contribution is 5.77. The predicted molar refractivity (Wildman–Crippen MR) is 90.1 cm³/mol. The van der Waals surface area contributed by atoms with Crippen LogP contribution >= 0.6 is 0 Å². The maximum Gasteiger partial charge on any atom is 0.419 e. The van der Waals surface area contributed by atoms with Gasteiger partial charge in [-0.25, -0.2) is 4.79 Å². The van der Waals surface area contributed by atoms with E-state index in [9.17, 15) is 9.59 Å². The van der Waals surface area contributed by atoms with E-state index in [0.29, 0.717) is 24.2 Å². The van der Waals surface area contributed by atoms with Crippen LogP contribution in [0.5, 0.6) is 0 Å². The first-order valence-electron chi connectivity index (χ1n) is 8.38. The van der Waals surface area contributed by atoms with Crippen LogP contribution in [0, 0.1) is 6.92 Å². The standard InChI is InChI=1S/C17H19N5O3/c1-11-19-20-15-7-6-12(10-22(11)15)18-16(23)8-9-21-13-4-2-3-5-14(13)25-17(21)24/h2-5,12H,6-10H2,1H3,(H,18,23)/t12-/m1/s1. The molecule has 25 heavy (non-hydrogen) atoms. The molecule has 3 aromatic rings. The van der Waals surface area contributed by atoms with Crippen molar-refractivity contribution in [1.29, 1.82) is 0 Å². The van der Waals surface area contributed by atoms with E-state index in [1.165, 1.54) is 4.57 Å². The van der Waals surface area contributed by atoms with E-state index in [4.69, 9.17) is 4.42 Å². The average molecular weight is 341 g/mol. The number of amides is 1. The summed E-state index contributed by atoms with van der Waals surface area (Å²) in [5, 5.41) is 11.2. The van der Waals surface area contributed by atoms with Crippen molar-refractivity contribution in [2.45, 2.75) is 45.3 Å². The number of aryl methyl sites for hydroxylation is 3. The van der Waals surface area contributed by atoms with Gasteiger partial charge in [0.1, 0.15) is 11.6 Å². The van der Waals surface area contributed by atoms with Crippen molar-refractivity contribution in [2.24, 2.45) is 0 Å². The normalized spacial score (nSPS) is 16.8. The van der Waals surface area contributed by atoms with Crippen molar-refractivity contribution in [1.82, 2.24) is 24.6 Å². The number of nitrogens with one attached hydrogen (secondary N) is 1. The Morgan fingerprint density at radius 3 is 3.08 bits per heavy atom. The molecule has 0 unspecified atom stereocenters. The second kappa shape index (κ2) is 6.19. The molecule has 0 aliphatic carbocycles. The lowest BCUT2D eigenvalue weighted by molar-refractivity contribution is -0.122. The van der Waals surface area contributed by atoms with Crippen LogP contribution < -0.4 is 11.1 Å². The Hall–Kier alpha value is -2.90. The fourth-order valence-electron chi connectivity index (χ4n) is 3.32.